The smallest absolute Gasteiger partial charge is 0.0678 e. The number of aryl methyl sites for hydroxylation is 1. The summed E-state index contributed by atoms with van der Waals surface area (Å²) in [6.07, 6.45) is 0.664. The Bertz CT molecular complexity index is 411. The van der Waals surface area contributed by atoms with Gasteiger partial charge in [-0.05, 0) is 32.9 Å². The van der Waals surface area contributed by atoms with Crippen LogP contribution in [0, 0.1) is 6.92 Å². The number of ether oxygens (including phenoxy) is 1. The van der Waals surface area contributed by atoms with E-state index in [0.717, 1.165) is 26.2 Å². The summed E-state index contributed by atoms with van der Waals surface area (Å²) in [5.74, 6) is 0. The third-order valence-electron chi connectivity index (χ3n) is 3.83. The number of benzene rings is 1. The third kappa shape index (κ3) is 4.30. The maximum atomic E-state index is 5.82. The zero-order valence-corrected chi connectivity index (χ0v) is 13.2. The Kier molecular flexibility index (Phi) is 5.58. The molecule has 0 aromatic heterocycles. The van der Waals surface area contributed by atoms with E-state index < -0.39 is 0 Å². The van der Waals surface area contributed by atoms with E-state index in [2.05, 4.69) is 62.2 Å². The first kappa shape index (κ1) is 15.5. The summed E-state index contributed by atoms with van der Waals surface area (Å²) in [6.45, 7) is 12.8. The lowest BCUT2D eigenvalue weighted by Crippen LogP contribution is -2.48. The molecule has 1 fully saturated rings. The van der Waals surface area contributed by atoms with Crippen molar-refractivity contribution in [2.24, 2.45) is 0 Å². The van der Waals surface area contributed by atoms with Gasteiger partial charge in [0.1, 0.15) is 0 Å². The van der Waals surface area contributed by atoms with Crippen LogP contribution >= 0.6 is 0 Å². The minimum atomic E-state index is 0.332. The Morgan fingerprint density at radius 1 is 1.30 bits per heavy atom. The lowest BCUT2D eigenvalue weighted by molar-refractivity contribution is -0.0699. The summed E-state index contributed by atoms with van der Waals surface area (Å²) in [5, 5.41) is 3.62. The minimum absolute atomic E-state index is 0.332. The van der Waals surface area contributed by atoms with Crippen molar-refractivity contribution in [3.05, 3.63) is 35.4 Å². The Hall–Kier alpha value is -0.900. The van der Waals surface area contributed by atoms with Crippen molar-refractivity contribution in [2.45, 2.75) is 45.9 Å². The lowest BCUT2D eigenvalue weighted by Gasteiger charge is -2.37. The van der Waals surface area contributed by atoms with Gasteiger partial charge in [-0.1, -0.05) is 36.8 Å². The molecule has 1 aromatic rings. The van der Waals surface area contributed by atoms with Gasteiger partial charge in [0, 0.05) is 25.7 Å². The van der Waals surface area contributed by atoms with Gasteiger partial charge in [0.15, 0.2) is 0 Å². The fourth-order valence-corrected chi connectivity index (χ4v) is 3.11. The fourth-order valence-electron chi connectivity index (χ4n) is 3.11. The molecule has 3 heteroatoms. The monoisotopic (exact) mass is 276 g/mol. The molecule has 1 heterocycles. The number of nitrogens with zero attached hydrogens (tertiary/aromatic N) is 1. The van der Waals surface area contributed by atoms with Crippen molar-refractivity contribution in [3.8, 4) is 0 Å². The highest BCUT2D eigenvalue weighted by molar-refractivity contribution is 5.25. The molecule has 1 aliphatic rings. The van der Waals surface area contributed by atoms with Crippen LogP contribution in [-0.2, 0) is 4.74 Å². The summed E-state index contributed by atoms with van der Waals surface area (Å²) < 4.78 is 5.82. The second kappa shape index (κ2) is 7.21. The summed E-state index contributed by atoms with van der Waals surface area (Å²) in [5.41, 5.74) is 2.72. The number of nitrogens with one attached hydrogen (secondary N) is 1. The average molecular weight is 276 g/mol. The first-order chi connectivity index (χ1) is 9.58. The first-order valence-electron chi connectivity index (χ1n) is 7.76. The maximum Gasteiger partial charge on any atom is 0.0678 e. The molecule has 0 amide bonds. The summed E-state index contributed by atoms with van der Waals surface area (Å²) >= 11 is 0. The van der Waals surface area contributed by atoms with Gasteiger partial charge in [-0.2, -0.15) is 0 Å². The van der Waals surface area contributed by atoms with Crippen molar-refractivity contribution < 1.29 is 4.74 Å². The Balaban J connectivity index is 2.05. The molecule has 1 saturated heterocycles. The maximum absolute atomic E-state index is 5.82. The normalized spacial score (nSPS) is 25.6. The largest absolute Gasteiger partial charge is 0.373 e. The number of morpholine rings is 1. The molecule has 0 saturated carbocycles. The number of likely N-dealkylation sites (N-methyl/N-ethyl adjacent to an activating group) is 1. The summed E-state index contributed by atoms with van der Waals surface area (Å²) in [6, 6.07) is 9.23. The predicted octanol–water partition coefficient (Wildman–Crippen LogP) is 2.75. The van der Waals surface area contributed by atoms with Gasteiger partial charge >= 0.3 is 0 Å². The van der Waals surface area contributed by atoms with Gasteiger partial charge in [-0.3, -0.25) is 4.90 Å². The van der Waals surface area contributed by atoms with E-state index in [1.54, 1.807) is 0 Å². The molecular weight excluding hydrogens is 248 g/mol. The van der Waals surface area contributed by atoms with E-state index in [1.165, 1.54) is 11.1 Å². The molecule has 3 nitrogen and oxygen atoms in total. The van der Waals surface area contributed by atoms with Crippen molar-refractivity contribution in [1.29, 1.82) is 0 Å². The molecular formula is C17H28N2O. The van der Waals surface area contributed by atoms with Gasteiger partial charge in [0.25, 0.3) is 0 Å². The molecule has 3 atom stereocenters. The van der Waals surface area contributed by atoms with Crippen LogP contribution in [0.2, 0.25) is 0 Å². The minimum Gasteiger partial charge on any atom is -0.373 e. The average Bonchev–Trinajstić information content (AvgIpc) is 2.37. The molecule has 1 aromatic carbocycles. The van der Waals surface area contributed by atoms with Crippen LogP contribution < -0.4 is 5.32 Å². The topological polar surface area (TPSA) is 24.5 Å². The van der Waals surface area contributed by atoms with E-state index in [9.17, 15) is 0 Å². The van der Waals surface area contributed by atoms with Crippen LogP contribution in [0.15, 0.2) is 24.3 Å². The number of hydrogen-bond acceptors (Lipinski definition) is 3. The molecule has 112 valence electrons. The highest BCUT2D eigenvalue weighted by atomic mass is 16.5. The van der Waals surface area contributed by atoms with E-state index in [-0.39, 0.29) is 0 Å². The Morgan fingerprint density at radius 2 is 2.00 bits per heavy atom. The highest BCUT2D eigenvalue weighted by Gasteiger charge is 2.24. The SMILES string of the molecule is CCNC(CN1C[C@@H](C)O[C@@H](C)C1)c1cccc(C)c1. The highest BCUT2D eigenvalue weighted by Crippen LogP contribution is 2.19. The van der Waals surface area contributed by atoms with Gasteiger partial charge < -0.3 is 10.1 Å². The quantitative estimate of drug-likeness (QED) is 0.895. The van der Waals surface area contributed by atoms with Crippen molar-refractivity contribution in [2.75, 3.05) is 26.2 Å². The van der Waals surface area contributed by atoms with Crippen LogP contribution in [-0.4, -0.2) is 43.3 Å². The zero-order chi connectivity index (χ0) is 14.5. The number of hydrogen-bond donors (Lipinski definition) is 1. The molecule has 0 aliphatic carbocycles. The van der Waals surface area contributed by atoms with Gasteiger partial charge in [-0.15, -0.1) is 0 Å². The predicted molar refractivity (Wildman–Crippen MR) is 84.0 cm³/mol. The molecule has 0 spiro atoms. The van der Waals surface area contributed by atoms with Crippen LogP contribution in [0.1, 0.15) is 37.9 Å². The summed E-state index contributed by atoms with van der Waals surface area (Å²) in [7, 11) is 0. The second-order valence-corrected chi connectivity index (χ2v) is 6.00. The van der Waals surface area contributed by atoms with Crippen LogP contribution in [0.3, 0.4) is 0 Å². The van der Waals surface area contributed by atoms with Crippen molar-refractivity contribution in [3.63, 3.8) is 0 Å². The lowest BCUT2D eigenvalue weighted by atomic mass is 10.0. The molecule has 1 aliphatic heterocycles. The van der Waals surface area contributed by atoms with Gasteiger partial charge in [0.05, 0.1) is 12.2 Å². The van der Waals surface area contributed by atoms with Gasteiger partial charge in [0.2, 0.25) is 0 Å². The number of rotatable bonds is 5. The van der Waals surface area contributed by atoms with E-state index in [4.69, 9.17) is 4.74 Å². The van der Waals surface area contributed by atoms with Gasteiger partial charge in [-0.25, -0.2) is 0 Å². The summed E-state index contributed by atoms with van der Waals surface area (Å²) in [4.78, 5) is 2.52. The molecule has 1 unspecified atom stereocenters. The van der Waals surface area contributed by atoms with Crippen LogP contribution in [0.4, 0.5) is 0 Å². The standard InChI is InChI=1S/C17H28N2O/c1-5-18-17(16-8-6-7-13(2)9-16)12-19-10-14(3)20-15(4)11-19/h6-9,14-15,17-18H,5,10-12H2,1-4H3/t14-,15+,17?. The zero-order valence-electron chi connectivity index (χ0n) is 13.2. The molecule has 0 radical (unpaired) electrons. The van der Waals surface area contributed by atoms with Crippen LogP contribution in [0.25, 0.3) is 0 Å². The first-order valence-corrected chi connectivity index (χ1v) is 7.76. The Labute approximate surface area is 123 Å². The van der Waals surface area contributed by atoms with Crippen molar-refractivity contribution in [1.82, 2.24) is 10.2 Å². The van der Waals surface area contributed by atoms with E-state index in [0.29, 0.717) is 18.2 Å². The van der Waals surface area contributed by atoms with E-state index in [1.807, 2.05) is 0 Å². The van der Waals surface area contributed by atoms with Crippen molar-refractivity contribution >= 4 is 0 Å². The molecule has 0 bridgehead atoms. The third-order valence-corrected chi connectivity index (χ3v) is 3.83. The van der Waals surface area contributed by atoms with E-state index >= 15 is 0 Å². The molecule has 20 heavy (non-hydrogen) atoms. The molecule has 2 rings (SSSR count). The Morgan fingerprint density at radius 3 is 2.60 bits per heavy atom. The fraction of sp³-hybridized carbons (Fsp3) is 0.647. The second-order valence-electron chi connectivity index (χ2n) is 6.00. The molecule has 1 N–H and O–H groups in total. The van der Waals surface area contributed by atoms with Crippen LogP contribution in [0.5, 0.6) is 0 Å².